The van der Waals surface area contributed by atoms with E-state index >= 15 is 0 Å². The van der Waals surface area contributed by atoms with Gasteiger partial charge in [0, 0.05) is 19.5 Å². The number of alkyl carbamates (subject to hydrolysis) is 1. The van der Waals surface area contributed by atoms with Gasteiger partial charge in [-0.15, -0.1) is 0 Å². The number of fused-ring (bicyclic) bond motifs is 1. The van der Waals surface area contributed by atoms with Crippen LogP contribution in [0.15, 0.2) is 59.5 Å². The van der Waals surface area contributed by atoms with Crippen LogP contribution in [-0.4, -0.2) is 81.9 Å². The second-order valence-corrected chi connectivity index (χ2v) is 11.4. The van der Waals surface area contributed by atoms with Crippen LogP contribution in [0, 0.1) is 17.2 Å². The molecule has 4 unspecified atom stereocenters. The third-order valence-corrected chi connectivity index (χ3v) is 8.75. The van der Waals surface area contributed by atoms with E-state index in [9.17, 15) is 18.3 Å². The maximum absolute atomic E-state index is 13.4. The molecule has 12 heteroatoms. The number of hydrogen-bond acceptors (Lipinski definition) is 9. The van der Waals surface area contributed by atoms with E-state index in [1.54, 1.807) is 0 Å². The molecular weight excluding hydrogens is 526 g/mol. The van der Waals surface area contributed by atoms with Crippen LogP contribution < -0.4 is 10.1 Å². The van der Waals surface area contributed by atoms with Crippen molar-refractivity contribution in [3.63, 3.8) is 0 Å². The smallest absolute Gasteiger partial charge is 0.407 e. The van der Waals surface area contributed by atoms with Gasteiger partial charge in [0.15, 0.2) is 6.29 Å². The fraction of sp³-hybridized carbons (Fsp3) is 0.481. The molecule has 2 aromatic rings. The molecule has 2 heterocycles. The summed E-state index contributed by atoms with van der Waals surface area (Å²) >= 11 is 0. The van der Waals surface area contributed by atoms with Crippen LogP contribution in [0.25, 0.3) is 0 Å². The lowest BCUT2D eigenvalue weighted by atomic mass is 10.0. The summed E-state index contributed by atoms with van der Waals surface area (Å²) in [7, 11) is -2.59. The summed E-state index contributed by atoms with van der Waals surface area (Å²) in [5.41, 5.74) is 0.830. The van der Waals surface area contributed by atoms with Crippen LogP contribution in [0.3, 0.4) is 0 Å². The molecule has 0 saturated carbocycles. The first-order valence-electron chi connectivity index (χ1n) is 12.8. The number of nitrogens with zero attached hydrogens (tertiary/aromatic N) is 2. The van der Waals surface area contributed by atoms with Crippen molar-refractivity contribution in [1.29, 1.82) is 5.26 Å². The van der Waals surface area contributed by atoms with Gasteiger partial charge in [0.25, 0.3) is 0 Å². The number of ether oxygens (including phenoxy) is 4. The molecule has 2 aromatic carbocycles. The molecule has 39 heavy (non-hydrogen) atoms. The van der Waals surface area contributed by atoms with E-state index in [4.69, 9.17) is 24.2 Å². The molecule has 2 saturated heterocycles. The molecule has 0 bridgehead atoms. The zero-order valence-corrected chi connectivity index (χ0v) is 22.5. The predicted octanol–water partition coefficient (Wildman–Crippen LogP) is 2.06. The van der Waals surface area contributed by atoms with Gasteiger partial charge >= 0.3 is 6.09 Å². The Morgan fingerprint density at radius 1 is 1.21 bits per heavy atom. The highest BCUT2D eigenvalue weighted by Gasteiger charge is 2.44. The standard InChI is InChI=1S/C27H33N3O8S/c1-35-20-8-10-21(11-9-20)39(33,34)30(14-5-13-28)17-24(31)23(16-19-6-3-2-4-7-19)29-27(32)38-25-18-37-26-22(25)12-15-36-26/h2-4,6-11,22-26,31H,5,12,14-18H2,1H3,(H,29,32)/t22?,23-,24?,25?,26?/m0/s1. The maximum atomic E-state index is 13.4. The first-order chi connectivity index (χ1) is 18.8. The van der Waals surface area contributed by atoms with Crippen LogP contribution in [-0.2, 0) is 30.7 Å². The minimum Gasteiger partial charge on any atom is -0.497 e. The van der Waals surface area contributed by atoms with Gasteiger partial charge in [0.1, 0.15) is 11.9 Å². The molecule has 210 valence electrons. The summed E-state index contributed by atoms with van der Waals surface area (Å²) < 4.78 is 49.7. The molecule has 2 N–H and O–H groups in total. The second-order valence-electron chi connectivity index (χ2n) is 9.42. The van der Waals surface area contributed by atoms with Gasteiger partial charge in [-0.05, 0) is 42.7 Å². The lowest BCUT2D eigenvalue weighted by Crippen LogP contribution is -2.51. The second kappa shape index (κ2) is 13.2. The van der Waals surface area contributed by atoms with Crippen LogP contribution in [0.2, 0.25) is 0 Å². The number of benzene rings is 2. The highest BCUT2D eigenvalue weighted by Crippen LogP contribution is 2.33. The maximum Gasteiger partial charge on any atom is 0.407 e. The summed E-state index contributed by atoms with van der Waals surface area (Å²) in [5.74, 6) is 0.440. The summed E-state index contributed by atoms with van der Waals surface area (Å²) in [6.45, 7) is 0.274. The van der Waals surface area contributed by atoms with E-state index in [1.165, 1.54) is 31.4 Å². The van der Waals surface area contributed by atoms with Gasteiger partial charge in [0.05, 0.1) is 49.4 Å². The SMILES string of the molecule is COc1ccc(S(=O)(=O)N(CCC#N)CC(O)[C@H](Cc2ccccc2)NC(=O)OC2COC3OCCC23)cc1. The number of methoxy groups -OCH3 is 1. The number of aliphatic hydroxyl groups is 1. The summed E-state index contributed by atoms with van der Waals surface area (Å²) in [5, 5.41) is 23.1. The monoisotopic (exact) mass is 559 g/mol. The van der Waals surface area contributed by atoms with Gasteiger partial charge in [-0.2, -0.15) is 9.57 Å². The van der Waals surface area contributed by atoms with Crippen molar-refractivity contribution >= 4 is 16.1 Å². The summed E-state index contributed by atoms with van der Waals surface area (Å²) in [4.78, 5) is 12.9. The number of carbonyl (C=O) groups is 1. The van der Waals surface area contributed by atoms with E-state index < -0.39 is 34.4 Å². The Hall–Kier alpha value is -3.21. The lowest BCUT2D eigenvalue weighted by molar-refractivity contribution is -0.0907. The Kier molecular flexibility index (Phi) is 9.77. The van der Waals surface area contributed by atoms with Crippen LogP contribution in [0.1, 0.15) is 18.4 Å². The predicted molar refractivity (Wildman–Crippen MR) is 139 cm³/mol. The van der Waals surface area contributed by atoms with Gasteiger partial charge in [-0.3, -0.25) is 0 Å². The molecule has 4 rings (SSSR count). The largest absolute Gasteiger partial charge is 0.497 e. The number of hydrogen-bond donors (Lipinski definition) is 2. The van der Waals surface area contributed by atoms with Crippen molar-refractivity contribution in [3.8, 4) is 11.8 Å². The molecule has 0 spiro atoms. The Morgan fingerprint density at radius 3 is 2.64 bits per heavy atom. The van der Waals surface area contributed by atoms with Crippen LogP contribution in [0.5, 0.6) is 5.75 Å². The molecule has 0 aromatic heterocycles. The third kappa shape index (κ3) is 7.26. The van der Waals surface area contributed by atoms with E-state index in [0.717, 1.165) is 16.3 Å². The Bertz CT molecular complexity index is 1240. The number of nitrogens with one attached hydrogen (secondary N) is 1. The molecule has 1 amide bonds. The molecule has 2 aliphatic rings. The van der Waals surface area contributed by atoms with E-state index in [-0.39, 0.29) is 49.6 Å². The fourth-order valence-electron chi connectivity index (χ4n) is 4.74. The highest BCUT2D eigenvalue weighted by molar-refractivity contribution is 7.89. The minimum atomic E-state index is -4.06. The van der Waals surface area contributed by atoms with E-state index in [0.29, 0.717) is 12.4 Å². The number of amides is 1. The third-order valence-electron chi connectivity index (χ3n) is 6.87. The number of rotatable bonds is 12. The molecule has 11 nitrogen and oxygen atoms in total. The van der Waals surface area contributed by atoms with Crippen molar-refractivity contribution in [3.05, 3.63) is 60.2 Å². The molecule has 0 aliphatic carbocycles. The fourth-order valence-corrected chi connectivity index (χ4v) is 6.20. The molecule has 5 atom stereocenters. The molecular formula is C27H33N3O8S. The average Bonchev–Trinajstić information content (AvgIpc) is 3.56. The van der Waals surface area contributed by atoms with Gasteiger partial charge < -0.3 is 29.4 Å². The Balaban J connectivity index is 1.50. The molecule has 2 fully saturated rings. The normalized spacial score (nSPS) is 22.1. The van der Waals surface area contributed by atoms with Crippen molar-refractivity contribution in [2.75, 3.05) is 33.4 Å². The first kappa shape index (κ1) is 28.8. The molecule has 0 radical (unpaired) electrons. The lowest BCUT2D eigenvalue weighted by Gasteiger charge is -2.30. The number of aliphatic hydroxyl groups excluding tert-OH is 1. The van der Waals surface area contributed by atoms with Gasteiger partial charge in [-0.1, -0.05) is 30.3 Å². The van der Waals surface area contributed by atoms with Crippen LogP contribution in [0.4, 0.5) is 4.79 Å². The van der Waals surface area contributed by atoms with Crippen LogP contribution >= 0.6 is 0 Å². The number of nitriles is 1. The van der Waals surface area contributed by atoms with E-state index in [2.05, 4.69) is 5.32 Å². The zero-order chi connectivity index (χ0) is 27.8. The average molecular weight is 560 g/mol. The Morgan fingerprint density at radius 2 is 1.95 bits per heavy atom. The minimum absolute atomic E-state index is 0.00464. The van der Waals surface area contributed by atoms with Crippen molar-refractivity contribution < 1.29 is 37.3 Å². The zero-order valence-electron chi connectivity index (χ0n) is 21.6. The topological polar surface area (TPSA) is 147 Å². The number of carbonyl (C=O) groups excluding carboxylic acids is 1. The van der Waals surface area contributed by atoms with Crippen molar-refractivity contribution in [2.24, 2.45) is 5.92 Å². The summed E-state index contributed by atoms with van der Waals surface area (Å²) in [6.07, 6.45) is -2.05. The van der Waals surface area contributed by atoms with Crippen molar-refractivity contribution in [2.45, 2.75) is 48.7 Å². The highest BCUT2D eigenvalue weighted by atomic mass is 32.2. The first-order valence-corrected chi connectivity index (χ1v) is 14.2. The molecule has 2 aliphatic heterocycles. The Labute approximate surface area is 228 Å². The number of sulfonamides is 1. The van der Waals surface area contributed by atoms with E-state index in [1.807, 2.05) is 36.4 Å². The quantitative estimate of drug-likeness (QED) is 0.399. The summed E-state index contributed by atoms with van der Waals surface area (Å²) in [6, 6.07) is 16.1. The van der Waals surface area contributed by atoms with Gasteiger partial charge in [-0.25, -0.2) is 13.2 Å². The van der Waals surface area contributed by atoms with Gasteiger partial charge in [0.2, 0.25) is 10.0 Å². The van der Waals surface area contributed by atoms with Crippen molar-refractivity contribution in [1.82, 2.24) is 9.62 Å².